The summed E-state index contributed by atoms with van der Waals surface area (Å²) in [7, 11) is 0. The summed E-state index contributed by atoms with van der Waals surface area (Å²) in [6.07, 6.45) is -0.249. The fourth-order valence-electron chi connectivity index (χ4n) is 1.59. The highest BCUT2D eigenvalue weighted by molar-refractivity contribution is 6.29. The van der Waals surface area contributed by atoms with E-state index in [4.69, 9.17) is 11.6 Å². The molecule has 2 rings (SSSR count). The third-order valence-electron chi connectivity index (χ3n) is 2.44. The van der Waals surface area contributed by atoms with Crippen molar-refractivity contribution in [1.82, 2.24) is 9.97 Å². The van der Waals surface area contributed by atoms with Gasteiger partial charge in [-0.15, -0.1) is 0 Å². The molecule has 1 aromatic heterocycles. The molecule has 0 aliphatic rings. The van der Waals surface area contributed by atoms with E-state index in [0.717, 1.165) is 12.1 Å². The number of benzene rings is 1. The smallest absolute Gasteiger partial charge is 0.231 e. The van der Waals surface area contributed by atoms with Crippen molar-refractivity contribution in [2.45, 2.75) is 13.3 Å². The molecule has 2 aromatic rings. The number of carbonyl (C=O) groups is 1. The average molecular weight is 298 g/mol. The summed E-state index contributed by atoms with van der Waals surface area (Å²) in [6.45, 7) is 1.70. The molecule has 0 atom stereocenters. The summed E-state index contributed by atoms with van der Waals surface area (Å²) >= 11 is 5.73. The van der Waals surface area contributed by atoms with Crippen molar-refractivity contribution in [2.75, 3.05) is 5.32 Å². The molecule has 20 heavy (non-hydrogen) atoms. The molecule has 0 aliphatic heterocycles. The molecule has 0 unspecified atom stereocenters. The standard InChI is InChI=1S/C13H10ClF2N3O/c1-7-4-11(14)18-13(17-7)19-12(20)5-8-2-3-9(15)6-10(8)16/h2-4,6H,5H2,1H3,(H,17,18,19,20). The number of anilines is 1. The lowest BCUT2D eigenvalue weighted by molar-refractivity contribution is -0.115. The second-order valence-electron chi connectivity index (χ2n) is 4.12. The summed E-state index contributed by atoms with van der Waals surface area (Å²) in [5.41, 5.74) is 0.677. The van der Waals surface area contributed by atoms with Crippen LogP contribution in [0.1, 0.15) is 11.3 Å². The fraction of sp³-hybridized carbons (Fsp3) is 0.154. The van der Waals surface area contributed by atoms with Crippen LogP contribution in [-0.4, -0.2) is 15.9 Å². The van der Waals surface area contributed by atoms with Crippen LogP contribution in [0.25, 0.3) is 0 Å². The van der Waals surface area contributed by atoms with Gasteiger partial charge in [0.1, 0.15) is 16.8 Å². The first-order valence-corrected chi connectivity index (χ1v) is 6.07. The fourth-order valence-corrected chi connectivity index (χ4v) is 1.83. The molecule has 0 saturated heterocycles. The summed E-state index contributed by atoms with van der Waals surface area (Å²) in [5, 5.41) is 2.60. The van der Waals surface area contributed by atoms with Gasteiger partial charge in [-0.3, -0.25) is 10.1 Å². The van der Waals surface area contributed by atoms with Crippen LogP contribution in [0.4, 0.5) is 14.7 Å². The van der Waals surface area contributed by atoms with Gasteiger partial charge in [0.25, 0.3) is 0 Å². The molecule has 1 aromatic carbocycles. The number of rotatable bonds is 3. The van der Waals surface area contributed by atoms with E-state index >= 15 is 0 Å². The first-order chi connectivity index (χ1) is 9.44. The van der Waals surface area contributed by atoms with Crippen LogP contribution in [0.15, 0.2) is 24.3 Å². The molecular formula is C13H10ClF2N3O. The maximum Gasteiger partial charge on any atom is 0.231 e. The Morgan fingerprint density at radius 3 is 2.70 bits per heavy atom. The van der Waals surface area contributed by atoms with Gasteiger partial charge in [0, 0.05) is 11.8 Å². The number of hydrogen-bond acceptors (Lipinski definition) is 3. The Hall–Kier alpha value is -2.08. The highest BCUT2D eigenvalue weighted by Gasteiger charge is 2.11. The van der Waals surface area contributed by atoms with Crippen LogP contribution >= 0.6 is 11.6 Å². The lowest BCUT2D eigenvalue weighted by Gasteiger charge is -2.06. The van der Waals surface area contributed by atoms with Crippen molar-refractivity contribution in [3.05, 3.63) is 52.3 Å². The average Bonchev–Trinajstić information content (AvgIpc) is 2.31. The van der Waals surface area contributed by atoms with Crippen LogP contribution < -0.4 is 5.32 Å². The highest BCUT2D eigenvalue weighted by atomic mass is 35.5. The quantitative estimate of drug-likeness (QED) is 0.886. The van der Waals surface area contributed by atoms with Gasteiger partial charge in [-0.05, 0) is 24.6 Å². The van der Waals surface area contributed by atoms with Crippen LogP contribution in [0.3, 0.4) is 0 Å². The Balaban J connectivity index is 2.09. The maximum atomic E-state index is 13.4. The van der Waals surface area contributed by atoms with Gasteiger partial charge in [-0.25, -0.2) is 18.7 Å². The van der Waals surface area contributed by atoms with Crippen LogP contribution in [0, 0.1) is 18.6 Å². The van der Waals surface area contributed by atoms with Crippen molar-refractivity contribution in [3.63, 3.8) is 0 Å². The third-order valence-corrected chi connectivity index (χ3v) is 2.63. The van der Waals surface area contributed by atoms with Crippen molar-refractivity contribution >= 4 is 23.5 Å². The molecule has 0 aliphatic carbocycles. The first kappa shape index (κ1) is 14.3. The van der Waals surface area contributed by atoms with Crippen LogP contribution in [-0.2, 0) is 11.2 Å². The zero-order valence-electron chi connectivity index (χ0n) is 10.5. The van der Waals surface area contributed by atoms with E-state index < -0.39 is 17.5 Å². The van der Waals surface area contributed by atoms with Gasteiger partial charge in [-0.2, -0.15) is 0 Å². The summed E-state index contributed by atoms with van der Waals surface area (Å²) in [6, 6.07) is 4.57. The molecule has 0 bridgehead atoms. The zero-order chi connectivity index (χ0) is 14.7. The van der Waals surface area contributed by atoms with Crippen molar-refractivity contribution in [3.8, 4) is 0 Å². The van der Waals surface area contributed by atoms with E-state index in [1.807, 2.05) is 0 Å². The minimum atomic E-state index is -0.775. The van der Waals surface area contributed by atoms with Crippen LogP contribution in [0.2, 0.25) is 5.15 Å². The lowest BCUT2D eigenvalue weighted by Crippen LogP contribution is -2.17. The Morgan fingerprint density at radius 2 is 2.05 bits per heavy atom. The predicted octanol–water partition coefficient (Wildman–Crippen LogP) is 2.90. The summed E-state index contributed by atoms with van der Waals surface area (Å²) < 4.78 is 26.2. The molecule has 1 heterocycles. The Labute approximate surface area is 118 Å². The van der Waals surface area contributed by atoms with E-state index in [1.54, 1.807) is 6.92 Å². The van der Waals surface area contributed by atoms with E-state index in [2.05, 4.69) is 15.3 Å². The highest BCUT2D eigenvalue weighted by Crippen LogP contribution is 2.12. The van der Waals surface area contributed by atoms with Crippen molar-refractivity contribution in [1.29, 1.82) is 0 Å². The monoisotopic (exact) mass is 297 g/mol. The number of nitrogens with zero attached hydrogens (tertiary/aromatic N) is 2. The molecule has 0 spiro atoms. The maximum absolute atomic E-state index is 13.4. The van der Waals surface area contributed by atoms with Crippen molar-refractivity contribution in [2.24, 2.45) is 0 Å². The third kappa shape index (κ3) is 3.71. The number of carbonyl (C=O) groups excluding carboxylic acids is 1. The second kappa shape index (κ2) is 5.92. The molecule has 7 heteroatoms. The number of halogens is 3. The minimum absolute atomic E-state index is 0.0440. The Morgan fingerprint density at radius 1 is 1.30 bits per heavy atom. The van der Waals surface area contributed by atoms with E-state index in [1.165, 1.54) is 12.1 Å². The van der Waals surface area contributed by atoms with Gasteiger partial charge in [0.05, 0.1) is 6.42 Å². The van der Waals surface area contributed by atoms with Gasteiger partial charge in [-0.1, -0.05) is 17.7 Å². The number of aromatic nitrogens is 2. The second-order valence-corrected chi connectivity index (χ2v) is 4.50. The van der Waals surface area contributed by atoms with Gasteiger partial charge in [0.2, 0.25) is 11.9 Å². The number of amides is 1. The van der Waals surface area contributed by atoms with Gasteiger partial charge < -0.3 is 0 Å². The molecule has 1 amide bonds. The predicted molar refractivity (Wildman–Crippen MR) is 70.5 cm³/mol. The lowest BCUT2D eigenvalue weighted by atomic mass is 10.1. The zero-order valence-corrected chi connectivity index (χ0v) is 11.2. The SMILES string of the molecule is Cc1cc(Cl)nc(NC(=O)Cc2ccc(F)cc2F)n1. The Bertz CT molecular complexity index is 644. The van der Waals surface area contributed by atoms with E-state index in [-0.39, 0.29) is 23.1 Å². The largest absolute Gasteiger partial charge is 0.294 e. The molecule has 1 N–H and O–H groups in total. The number of nitrogens with one attached hydrogen (secondary N) is 1. The first-order valence-electron chi connectivity index (χ1n) is 5.69. The van der Waals surface area contributed by atoms with E-state index in [9.17, 15) is 13.6 Å². The molecule has 104 valence electrons. The van der Waals surface area contributed by atoms with Crippen LogP contribution in [0.5, 0.6) is 0 Å². The number of hydrogen-bond donors (Lipinski definition) is 1. The van der Waals surface area contributed by atoms with Gasteiger partial charge >= 0.3 is 0 Å². The molecule has 0 fully saturated rings. The molecule has 4 nitrogen and oxygen atoms in total. The summed E-state index contributed by atoms with van der Waals surface area (Å²) in [4.78, 5) is 19.5. The molecular weight excluding hydrogens is 288 g/mol. The minimum Gasteiger partial charge on any atom is -0.294 e. The molecule has 0 radical (unpaired) electrons. The Kier molecular flexibility index (Phi) is 4.24. The van der Waals surface area contributed by atoms with E-state index in [0.29, 0.717) is 5.69 Å². The van der Waals surface area contributed by atoms with Crippen molar-refractivity contribution < 1.29 is 13.6 Å². The number of aryl methyl sites for hydroxylation is 1. The molecule has 0 saturated carbocycles. The topological polar surface area (TPSA) is 54.9 Å². The van der Waals surface area contributed by atoms with Gasteiger partial charge in [0.15, 0.2) is 0 Å². The summed E-state index contributed by atoms with van der Waals surface area (Å²) in [5.74, 6) is -1.94. The normalized spacial score (nSPS) is 10.4.